The lowest BCUT2D eigenvalue weighted by Gasteiger charge is -2.09. The van der Waals surface area contributed by atoms with E-state index < -0.39 is 0 Å². The smallest absolute Gasteiger partial charge is 0.119 e. The van der Waals surface area contributed by atoms with Gasteiger partial charge in [0.1, 0.15) is 18.1 Å². The number of hydrogen-bond donors (Lipinski definition) is 1. The monoisotopic (exact) mass is 381 g/mol. The van der Waals surface area contributed by atoms with Gasteiger partial charge in [-0.1, -0.05) is 54.1 Å². The third-order valence-electron chi connectivity index (χ3n) is 4.35. The molecule has 1 N–H and O–H groups in total. The quantitative estimate of drug-likeness (QED) is 0.513. The van der Waals surface area contributed by atoms with Crippen LogP contribution in [0.25, 0.3) is 0 Å². The van der Waals surface area contributed by atoms with Crippen molar-refractivity contribution in [2.24, 2.45) is 0 Å². The Labute approximate surface area is 165 Å². The summed E-state index contributed by atoms with van der Waals surface area (Å²) in [5.74, 6) is 1.74. The second-order valence-corrected chi connectivity index (χ2v) is 6.71. The predicted molar refractivity (Wildman–Crippen MR) is 111 cm³/mol. The van der Waals surface area contributed by atoms with Gasteiger partial charge in [-0.3, -0.25) is 0 Å². The molecular formula is C23H24ClNO2. The molecule has 0 radical (unpaired) electrons. The molecule has 0 aliphatic rings. The molecule has 4 heteroatoms. The van der Waals surface area contributed by atoms with Crippen LogP contribution in [0.3, 0.4) is 0 Å². The van der Waals surface area contributed by atoms with Gasteiger partial charge in [-0.05, 0) is 54.4 Å². The average molecular weight is 382 g/mol. The standard InChI is InChI=1S/C23H24ClNO2/c1-26-21-10-6-18(7-11-21)14-15-25-16-19-8-12-22(13-9-19)27-17-20-4-2-3-5-23(20)24/h2-13,25H,14-17H2,1H3. The minimum Gasteiger partial charge on any atom is -0.497 e. The highest BCUT2D eigenvalue weighted by Gasteiger charge is 2.01. The second-order valence-electron chi connectivity index (χ2n) is 6.30. The summed E-state index contributed by atoms with van der Waals surface area (Å²) >= 11 is 6.15. The van der Waals surface area contributed by atoms with Gasteiger partial charge in [0.2, 0.25) is 0 Å². The normalized spacial score (nSPS) is 10.6. The zero-order chi connectivity index (χ0) is 18.9. The van der Waals surface area contributed by atoms with E-state index in [2.05, 4.69) is 29.6 Å². The number of hydrogen-bond acceptors (Lipinski definition) is 3. The summed E-state index contributed by atoms with van der Waals surface area (Å²) in [7, 11) is 1.68. The van der Waals surface area contributed by atoms with Crippen molar-refractivity contribution in [3.8, 4) is 11.5 Å². The topological polar surface area (TPSA) is 30.5 Å². The zero-order valence-electron chi connectivity index (χ0n) is 15.5. The molecule has 0 heterocycles. The Morgan fingerprint density at radius 2 is 1.48 bits per heavy atom. The van der Waals surface area contributed by atoms with Gasteiger partial charge in [0, 0.05) is 17.1 Å². The van der Waals surface area contributed by atoms with Gasteiger partial charge in [-0.15, -0.1) is 0 Å². The minimum absolute atomic E-state index is 0.471. The number of halogens is 1. The first-order valence-corrected chi connectivity index (χ1v) is 9.41. The number of nitrogens with one attached hydrogen (secondary N) is 1. The Bertz CT molecular complexity index is 832. The van der Waals surface area contributed by atoms with Crippen molar-refractivity contribution in [1.29, 1.82) is 0 Å². The summed E-state index contributed by atoms with van der Waals surface area (Å²) in [5.41, 5.74) is 3.52. The fourth-order valence-corrected chi connectivity index (χ4v) is 2.93. The summed E-state index contributed by atoms with van der Waals surface area (Å²) in [6.07, 6.45) is 0.989. The Hall–Kier alpha value is -2.49. The van der Waals surface area contributed by atoms with E-state index in [-0.39, 0.29) is 0 Å². The van der Waals surface area contributed by atoms with Gasteiger partial charge < -0.3 is 14.8 Å². The lowest BCUT2D eigenvalue weighted by atomic mass is 10.1. The van der Waals surface area contributed by atoms with Crippen molar-refractivity contribution in [3.63, 3.8) is 0 Å². The molecule has 3 nitrogen and oxygen atoms in total. The molecule has 3 aromatic carbocycles. The highest BCUT2D eigenvalue weighted by Crippen LogP contribution is 2.19. The molecule has 0 aliphatic carbocycles. The van der Waals surface area contributed by atoms with Crippen LogP contribution in [-0.2, 0) is 19.6 Å². The SMILES string of the molecule is COc1ccc(CCNCc2ccc(OCc3ccccc3Cl)cc2)cc1. The van der Waals surface area contributed by atoms with Gasteiger partial charge in [-0.2, -0.15) is 0 Å². The van der Waals surface area contributed by atoms with Crippen LogP contribution in [0.15, 0.2) is 72.8 Å². The molecule has 0 amide bonds. The van der Waals surface area contributed by atoms with E-state index in [4.69, 9.17) is 21.1 Å². The first-order valence-electron chi connectivity index (χ1n) is 9.03. The van der Waals surface area contributed by atoms with E-state index in [0.717, 1.165) is 41.6 Å². The molecule has 3 aromatic rings. The molecule has 0 aromatic heterocycles. The van der Waals surface area contributed by atoms with Crippen LogP contribution in [0.1, 0.15) is 16.7 Å². The van der Waals surface area contributed by atoms with Crippen molar-refractivity contribution < 1.29 is 9.47 Å². The van der Waals surface area contributed by atoms with Crippen LogP contribution in [0.4, 0.5) is 0 Å². The first-order chi connectivity index (χ1) is 13.2. The molecule has 0 bridgehead atoms. The number of ether oxygens (including phenoxy) is 2. The van der Waals surface area contributed by atoms with Crippen LogP contribution < -0.4 is 14.8 Å². The van der Waals surface area contributed by atoms with E-state index in [1.54, 1.807) is 7.11 Å². The van der Waals surface area contributed by atoms with Gasteiger partial charge >= 0.3 is 0 Å². The third-order valence-corrected chi connectivity index (χ3v) is 4.72. The fourth-order valence-electron chi connectivity index (χ4n) is 2.74. The van der Waals surface area contributed by atoms with E-state index in [1.165, 1.54) is 11.1 Å². The summed E-state index contributed by atoms with van der Waals surface area (Å²) in [6.45, 7) is 2.23. The maximum absolute atomic E-state index is 6.15. The molecule has 0 saturated carbocycles. The molecule has 3 rings (SSSR count). The second kappa shape index (κ2) is 10.0. The fraction of sp³-hybridized carbons (Fsp3) is 0.217. The molecule has 0 atom stereocenters. The average Bonchev–Trinajstić information content (AvgIpc) is 2.72. The van der Waals surface area contributed by atoms with Gasteiger partial charge in [0.05, 0.1) is 7.11 Å². The van der Waals surface area contributed by atoms with Gasteiger partial charge in [-0.25, -0.2) is 0 Å². The Morgan fingerprint density at radius 1 is 0.815 bits per heavy atom. The summed E-state index contributed by atoms with van der Waals surface area (Å²) in [5, 5.41) is 4.21. The van der Waals surface area contributed by atoms with Crippen molar-refractivity contribution in [2.75, 3.05) is 13.7 Å². The molecule has 140 valence electrons. The molecule has 27 heavy (non-hydrogen) atoms. The first kappa shape index (κ1) is 19.3. The molecule has 0 unspecified atom stereocenters. The van der Waals surface area contributed by atoms with E-state index in [0.29, 0.717) is 6.61 Å². The summed E-state index contributed by atoms with van der Waals surface area (Å²) < 4.78 is 11.0. The van der Waals surface area contributed by atoms with Crippen LogP contribution >= 0.6 is 11.6 Å². The van der Waals surface area contributed by atoms with Crippen molar-refractivity contribution in [1.82, 2.24) is 5.32 Å². The predicted octanol–water partition coefficient (Wildman–Crippen LogP) is 5.26. The summed E-state index contributed by atoms with van der Waals surface area (Å²) in [6, 6.07) is 24.1. The maximum atomic E-state index is 6.15. The zero-order valence-corrected chi connectivity index (χ0v) is 16.2. The lowest BCUT2D eigenvalue weighted by molar-refractivity contribution is 0.306. The van der Waals surface area contributed by atoms with Crippen LogP contribution in [0, 0.1) is 0 Å². The highest BCUT2D eigenvalue weighted by atomic mass is 35.5. The Kier molecular flexibility index (Phi) is 7.14. The minimum atomic E-state index is 0.471. The molecule has 0 aliphatic heterocycles. The van der Waals surface area contributed by atoms with Crippen molar-refractivity contribution in [2.45, 2.75) is 19.6 Å². The Morgan fingerprint density at radius 3 is 2.19 bits per heavy atom. The Balaban J connectivity index is 1.40. The number of rotatable bonds is 9. The van der Waals surface area contributed by atoms with Crippen molar-refractivity contribution in [3.05, 3.63) is 94.5 Å². The van der Waals surface area contributed by atoms with Crippen molar-refractivity contribution >= 4 is 11.6 Å². The molecule has 0 fully saturated rings. The molecular weight excluding hydrogens is 358 g/mol. The molecule has 0 saturated heterocycles. The van der Waals surface area contributed by atoms with Gasteiger partial charge in [0.25, 0.3) is 0 Å². The van der Waals surface area contributed by atoms with Gasteiger partial charge in [0.15, 0.2) is 0 Å². The lowest BCUT2D eigenvalue weighted by Crippen LogP contribution is -2.16. The van der Waals surface area contributed by atoms with Crippen LogP contribution in [0.2, 0.25) is 5.02 Å². The molecule has 0 spiro atoms. The maximum Gasteiger partial charge on any atom is 0.119 e. The van der Waals surface area contributed by atoms with Crippen LogP contribution in [0.5, 0.6) is 11.5 Å². The number of methoxy groups -OCH3 is 1. The largest absolute Gasteiger partial charge is 0.497 e. The van der Waals surface area contributed by atoms with E-state index in [9.17, 15) is 0 Å². The van der Waals surface area contributed by atoms with E-state index in [1.807, 2.05) is 48.5 Å². The van der Waals surface area contributed by atoms with Crippen LogP contribution in [-0.4, -0.2) is 13.7 Å². The summed E-state index contributed by atoms with van der Waals surface area (Å²) in [4.78, 5) is 0. The number of benzene rings is 3. The van der Waals surface area contributed by atoms with E-state index >= 15 is 0 Å². The highest BCUT2D eigenvalue weighted by molar-refractivity contribution is 6.31. The third kappa shape index (κ3) is 6.02.